The number of aryl methyl sites for hydroxylation is 1. The molecule has 0 saturated carbocycles. The van der Waals surface area contributed by atoms with Gasteiger partial charge in [0.05, 0.1) is 17.3 Å². The summed E-state index contributed by atoms with van der Waals surface area (Å²) >= 11 is 9.34. The highest BCUT2D eigenvalue weighted by Crippen LogP contribution is 2.29. The molecule has 90 valence electrons. The predicted octanol–water partition coefficient (Wildman–Crippen LogP) is 5.03. The number of nitriles is 1. The van der Waals surface area contributed by atoms with Crippen LogP contribution >= 0.6 is 27.5 Å². The maximum atomic E-state index is 8.88. The molecule has 0 unspecified atom stereocenters. The van der Waals surface area contributed by atoms with E-state index in [1.54, 1.807) is 0 Å². The number of nitrogens with zero attached hydrogens (tertiary/aromatic N) is 1. The molecule has 0 radical (unpaired) electrons. The fraction of sp³-hybridized carbons (Fsp3) is 0.0714. The van der Waals surface area contributed by atoms with E-state index >= 15 is 0 Å². The molecule has 18 heavy (non-hydrogen) atoms. The Morgan fingerprint density at radius 2 is 2.00 bits per heavy atom. The van der Waals surface area contributed by atoms with Crippen LogP contribution in [0, 0.1) is 18.3 Å². The fourth-order valence-electron chi connectivity index (χ4n) is 1.61. The van der Waals surface area contributed by atoms with Gasteiger partial charge >= 0.3 is 0 Å². The van der Waals surface area contributed by atoms with Gasteiger partial charge in [-0.1, -0.05) is 11.6 Å². The molecule has 2 aromatic carbocycles. The van der Waals surface area contributed by atoms with Crippen molar-refractivity contribution in [2.45, 2.75) is 6.92 Å². The second-order valence-corrected chi connectivity index (χ2v) is 5.18. The zero-order valence-electron chi connectivity index (χ0n) is 9.67. The molecule has 1 N–H and O–H groups in total. The Morgan fingerprint density at radius 3 is 2.61 bits per heavy atom. The third kappa shape index (κ3) is 2.84. The van der Waals surface area contributed by atoms with Crippen molar-refractivity contribution in [3.8, 4) is 6.07 Å². The van der Waals surface area contributed by atoms with Gasteiger partial charge in [0.2, 0.25) is 0 Å². The first kappa shape index (κ1) is 12.9. The standard InChI is InChI=1S/C14H10BrClN2/c1-9-6-12(4-2-10(9)8-17)18-14-5-3-11(16)7-13(14)15/h2-7,18H,1H3. The number of halogens is 2. The van der Waals surface area contributed by atoms with Crippen molar-refractivity contribution >= 4 is 38.9 Å². The smallest absolute Gasteiger partial charge is 0.0994 e. The molecule has 0 saturated heterocycles. The minimum atomic E-state index is 0.684. The topological polar surface area (TPSA) is 35.8 Å². The summed E-state index contributed by atoms with van der Waals surface area (Å²) in [6, 6.07) is 13.3. The summed E-state index contributed by atoms with van der Waals surface area (Å²) in [7, 11) is 0. The van der Waals surface area contributed by atoms with Gasteiger partial charge in [0, 0.05) is 15.2 Å². The molecular formula is C14H10BrClN2. The van der Waals surface area contributed by atoms with Crippen LogP contribution in [0.4, 0.5) is 11.4 Å². The van der Waals surface area contributed by atoms with Crippen LogP contribution in [0.1, 0.15) is 11.1 Å². The highest BCUT2D eigenvalue weighted by molar-refractivity contribution is 9.10. The van der Waals surface area contributed by atoms with Crippen LogP contribution in [-0.4, -0.2) is 0 Å². The Labute approximate surface area is 119 Å². The molecule has 0 amide bonds. The van der Waals surface area contributed by atoms with E-state index in [0.29, 0.717) is 10.6 Å². The van der Waals surface area contributed by atoms with Gasteiger partial charge in [-0.2, -0.15) is 5.26 Å². The molecule has 0 aliphatic rings. The molecule has 0 aliphatic carbocycles. The average molecular weight is 322 g/mol. The Morgan fingerprint density at radius 1 is 1.22 bits per heavy atom. The normalized spacial score (nSPS) is 9.89. The van der Waals surface area contributed by atoms with E-state index in [0.717, 1.165) is 21.4 Å². The van der Waals surface area contributed by atoms with Gasteiger partial charge in [-0.3, -0.25) is 0 Å². The van der Waals surface area contributed by atoms with E-state index < -0.39 is 0 Å². The molecule has 2 aromatic rings. The number of rotatable bonds is 2. The number of hydrogen-bond donors (Lipinski definition) is 1. The van der Waals surface area contributed by atoms with E-state index in [1.807, 2.05) is 43.3 Å². The summed E-state index contributed by atoms with van der Waals surface area (Å²) in [6.45, 7) is 1.92. The fourth-order valence-corrected chi connectivity index (χ4v) is 2.40. The van der Waals surface area contributed by atoms with Crippen molar-refractivity contribution in [3.05, 3.63) is 57.0 Å². The van der Waals surface area contributed by atoms with E-state index in [-0.39, 0.29) is 0 Å². The second kappa shape index (κ2) is 5.43. The highest BCUT2D eigenvalue weighted by atomic mass is 79.9. The van der Waals surface area contributed by atoms with Crippen molar-refractivity contribution < 1.29 is 0 Å². The maximum absolute atomic E-state index is 8.88. The van der Waals surface area contributed by atoms with Crippen LogP contribution in [0.2, 0.25) is 5.02 Å². The third-order valence-electron chi connectivity index (χ3n) is 2.56. The zero-order valence-corrected chi connectivity index (χ0v) is 12.0. The molecule has 0 aliphatic heterocycles. The monoisotopic (exact) mass is 320 g/mol. The molecule has 0 atom stereocenters. The molecule has 0 bridgehead atoms. The van der Waals surface area contributed by atoms with E-state index in [2.05, 4.69) is 27.3 Å². The summed E-state index contributed by atoms with van der Waals surface area (Å²) in [6.07, 6.45) is 0. The lowest BCUT2D eigenvalue weighted by atomic mass is 10.1. The predicted molar refractivity (Wildman–Crippen MR) is 78.3 cm³/mol. The highest BCUT2D eigenvalue weighted by Gasteiger charge is 2.03. The van der Waals surface area contributed by atoms with Crippen LogP contribution in [-0.2, 0) is 0 Å². The summed E-state index contributed by atoms with van der Waals surface area (Å²) in [5.41, 5.74) is 3.52. The van der Waals surface area contributed by atoms with Crippen molar-refractivity contribution in [2.75, 3.05) is 5.32 Å². The molecule has 2 rings (SSSR count). The molecule has 0 aromatic heterocycles. The quantitative estimate of drug-likeness (QED) is 0.842. The molecule has 0 spiro atoms. The minimum Gasteiger partial charge on any atom is -0.355 e. The lowest BCUT2D eigenvalue weighted by Crippen LogP contribution is -1.93. The van der Waals surface area contributed by atoms with Crippen molar-refractivity contribution in [1.82, 2.24) is 0 Å². The Bertz CT molecular complexity index is 632. The van der Waals surface area contributed by atoms with Gasteiger partial charge in [-0.15, -0.1) is 0 Å². The SMILES string of the molecule is Cc1cc(Nc2ccc(Cl)cc2Br)ccc1C#N. The van der Waals surface area contributed by atoms with Crippen molar-refractivity contribution in [1.29, 1.82) is 5.26 Å². The Hall–Kier alpha value is -1.50. The maximum Gasteiger partial charge on any atom is 0.0994 e. The third-order valence-corrected chi connectivity index (χ3v) is 3.45. The summed E-state index contributed by atoms with van der Waals surface area (Å²) in [5.74, 6) is 0. The molecule has 0 fully saturated rings. The first-order valence-electron chi connectivity index (χ1n) is 5.33. The summed E-state index contributed by atoms with van der Waals surface area (Å²) in [5, 5.41) is 12.8. The molecular weight excluding hydrogens is 312 g/mol. The Kier molecular flexibility index (Phi) is 3.90. The molecule has 0 heterocycles. The molecule has 2 nitrogen and oxygen atoms in total. The van der Waals surface area contributed by atoms with Crippen molar-refractivity contribution in [3.63, 3.8) is 0 Å². The largest absolute Gasteiger partial charge is 0.355 e. The molecule has 4 heteroatoms. The van der Waals surface area contributed by atoms with Crippen LogP contribution in [0.3, 0.4) is 0 Å². The number of anilines is 2. The van der Waals surface area contributed by atoms with Gasteiger partial charge in [0.15, 0.2) is 0 Å². The first-order valence-corrected chi connectivity index (χ1v) is 6.50. The zero-order chi connectivity index (χ0) is 13.1. The minimum absolute atomic E-state index is 0.684. The van der Waals surface area contributed by atoms with Crippen LogP contribution in [0.5, 0.6) is 0 Å². The lowest BCUT2D eigenvalue weighted by Gasteiger charge is -2.10. The van der Waals surface area contributed by atoms with Gasteiger partial charge in [-0.05, 0) is 64.8 Å². The number of nitrogens with one attached hydrogen (secondary N) is 1. The number of benzene rings is 2. The van der Waals surface area contributed by atoms with E-state index in [4.69, 9.17) is 16.9 Å². The number of hydrogen-bond acceptors (Lipinski definition) is 2. The summed E-state index contributed by atoms with van der Waals surface area (Å²) < 4.78 is 0.900. The van der Waals surface area contributed by atoms with E-state index in [1.165, 1.54) is 0 Å². The summed E-state index contributed by atoms with van der Waals surface area (Å²) in [4.78, 5) is 0. The lowest BCUT2D eigenvalue weighted by molar-refractivity contribution is 1.38. The van der Waals surface area contributed by atoms with Crippen molar-refractivity contribution in [2.24, 2.45) is 0 Å². The first-order chi connectivity index (χ1) is 8.60. The van der Waals surface area contributed by atoms with Crippen LogP contribution in [0.25, 0.3) is 0 Å². The Balaban J connectivity index is 2.29. The van der Waals surface area contributed by atoms with Gasteiger partial charge in [0.25, 0.3) is 0 Å². The van der Waals surface area contributed by atoms with E-state index in [9.17, 15) is 0 Å². The van der Waals surface area contributed by atoms with Crippen LogP contribution in [0.15, 0.2) is 40.9 Å². The second-order valence-electron chi connectivity index (χ2n) is 3.89. The average Bonchev–Trinajstić information content (AvgIpc) is 2.33. The van der Waals surface area contributed by atoms with Gasteiger partial charge < -0.3 is 5.32 Å². The van der Waals surface area contributed by atoms with Crippen LogP contribution < -0.4 is 5.32 Å². The van der Waals surface area contributed by atoms with Gasteiger partial charge in [0.1, 0.15) is 0 Å². The van der Waals surface area contributed by atoms with Gasteiger partial charge in [-0.25, -0.2) is 0 Å².